The molecule has 14 rings (SSSR count). The molecule has 0 fully saturated rings. The summed E-state index contributed by atoms with van der Waals surface area (Å²) in [6.45, 7) is 41.3. The third kappa shape index (κ3) is 7.25. The lowest BCUT2D eigenvalue weighted by atomic mass is 9.35. The van der Waals surface area contributed by atoms with Crippen molar-refractivity contribution in [3.63, 3.8) is 0 Å². The molecule has 0 unspecified atom stereocenters. The summed E-state index contributed by atoms with van der Waals surface area (Å²) in [7, 11) is 0. The number of benzene rings is 7. The van der Waals surface area contributed by atoms with Gasteiger partial charge in [0.15, 0.2) is 0 Å². The van der Waals surface area contributed by atoms with Crippen LogP contribution in [-0.4, -0.2) is 6.71 Å². The fraction of sp³-hybridized carbons (Fsp3) is 0.413. The number of nitrogens with zero attached hydrogens (tertiary/aromatic N) is 3. The second-order valence-corrected chi connectivity index (χ2v) is 31.0. The Morgan fingerprint density at radius 1 is 0.388 bits per heavy atom. The van der Waals surface area contributed by atoms with E-state index >= 15 is 0 Å². The van der Waals surface area contributed by atoms with Gasteiger partial charge in [-0.15, -0.1) is 0 Å². The molecule has 6 aliphatic rings. The Kier molecular flexibility index (Phi) is 10.6. The molecule has 0 saturated heterocycles. The van der Waals surface area contributed by atoms with Gasteiger partial charge in [-0.3, -0.25) is 0 Å². The van der Waals surface area contributed by atoms with E-state index in [-0.39, 0.29) is 50.0 Å². The molecule has 408 valence electrons. The molecule has 0 bridgehead atoms. The zero-order valence-corrected chi connectivity index (χ0v) is 51.2. The van der Waals surface area contributed by atoms with Gasteiger partial charge in [0, 0.05) is 39.2 Å². The van der Waals surface area contributed by atoms with Gasteiger partial charge in [0.1, 0.15) is 5.58 Å². The molecule has 0 N–H and O–H groups in total. The Hall–Kier alpha value is -6.46. The van der Waals surface area contributed by atoms with Crippen LogP contribution in [0.5, 0.6) is 0 Å². The molecule has 80 heavy (non-hydrogen) atoms. The van der Waals surface area contributed by atoms with Gasteiger partial charge in [-0.25, -0.2) is 0 Å². The molecule has 0 saturated carbocycles. The molecular formula is C75H84BN3O. The molecule has 4 nitrogen and oxygen atoms in total. The van der Waals surface area contributed by atoms with E-state index in [1.54, 1.807) is 0 Å². The standard InChI is InChI=1S/C75H84BN3O/c1-68(2,3)45-26-28-46(29-27-45)79-63-40-48(78-59-24-20-18-22-51(59)75(16,17)52-23-19-21-25-60(52)78)39-62-65(63)76(67-66(79)49-41-54-57(44-64(49)80-67)74(14,15)37-34-71(54,8)9)58-42-55-56(73(12,13)36-35-72(55,10)11)43-61(58)77(62)47-30-31-50-53(38-47)70(6,7)33-32-69(50,4)5/h18-31,38-44H,32-37H2,1-17H3. The first kappa shape index (κ1) is 51.7. The Morgan fingerprint density at radius 2 is 0.838 bits per heavy atom. The van der Waals surface area contributed by atoms with E-state index in [2.05, 4.69) is 260 Å². The first-order valence-corrected chi connectivity index (χ1v) is 30.3. The van der Waals surface area contributed by atoms with Gasteiger partial charge in [-0.1, -0.05) is 178 Å². The van der Waals surface area contributed by atoms with Gasteiger partial charge < -0.3 is 19.1 Å². The van der Waals surface area contributed by atoms with Crippen LogP contribution in [0.1, 0.15) is 206 Å². The topological polar surface area (TPSA) is 22.9 Å². The average molecular weight is 1050 g/mol. The first-order valence-electron chi connectivity index (χ1n) is 30.3. The summed E-state index contributed by atoms with van der Waals surface area (Å²) >= 11 is 0. The molecular weight excluding hydrogens is 970 g/mol. The van der Waals surface area contributed by atoms with Crippen molar-refractivity contribution in [2.45, 2.75) is 200 Å². The highest BCUT2D eigenvalue weighted by molar-refractivity contribution is 7.00. The molecule has 4 heterocycles. The fourth-order valence-corrected chi connectivity index (χ4v) is 16.0. The zero-order valence-electron chi connectivity index (χ0n) is 51.2. The van der Waals surface area contributed by atoms with E-state index in [0.29, 0.717) is 0 Å². The third-order valence-electron chi connectivity index (χ3n) is 21.6. The summed E-state index contributed by atoms with van der Waals surface area (Å²) in [6, 6.07) is 51.0. The summed E-state index contributed by atoms with van der Waals surface area (Å²) in [5.74, 6) is 0. The molecule has 3 aliphatic heterocycles. The van der Waals surface area contributed by atoms with Gasteiger partial charge in [0.05, 0.1) is 28.4 Å². The SMILES string of the molecule is CC(C)(C)c1ccc(N2c3cc(N4c5ccccc5C(C)(C)c5ccccc54)cc4c3B(c3cc5c(cc3N4c3ccc4c(c3)C(C)(C)CCC4(C)C)C(C)(C)CCC5(C)C)c3oc4cc5c(cc4c32)C(C)(C)CCC5(C)C)cc1. The average Bonchev–Trinajstić information content (AvgIpc) is 1.74. The van der Waals surface area contributed by atoms with Crippen molar-refractivity contribution in [2.75, 3.05) is 14.7 Å². The van der Waals surface area contributed by atoms with Crippen LogP contribution in [0.3, 0.4) is 0 Å². The van der Waals surface area contributed by atoms with Crippen LogP contribution in [-0.2, 0) is 43.3 Å². The second-order valence-electron chi connectivity index (χ2n) is 31.0. The number of para-hydroxylation sites is 2. The molecule has 5 heteroatoms. The summed E-state index contributed by atoms with van der Waals surface area (Å²) in [5.41, 5.74) is 28.0. The summed E-state index contributed by atoms with van der Waals surface area (Å²) in [4.78, 5) is 7.95. The lowest BCUT2D eigenvalue weighted by molar-refractivity contribution is 0.332. The number of rotatable bonds is 3. The van der Waals surface area contributed by atoms with Crippen LogP contribution in [0.25, 0.3) is 11.0 Å². The van der Waals surface area contributed by atoms with Crippen LogP contribution >= 0.6 is 0 Å². The van der Waals surface area contributed by atoms with E-state index < -0.39 is 0 Å². The minimum atomic E-state index is -0.210. The highest BCUT2D eigenvalue weighted by Crippen LogP contribution is 2.58. The molecule has 0 atom stereocenters. The minimum Gasteiger partial charge on any atom is -0.468 e. The van der Waals surface area contributed by atoms with Crippen LogP contribution in [0.2, 0.25) is 0 Å². The fourth-order valence-electron chi connectivity index (χ4n) is 16.0. The highest BCUT2D eigenvalue weighted by atomic mass is 16.3. The minimum absolute atomic E-state index is 0.00611. The number of anilines is 9. The van der Waals surface area contributed by atoms with Crippen molar-refractivity contribution < 1.29 is 4.42 Å². The highest BCUT2D eigenvalue weighted by Gasteiger charge is 2.51. The van der Waals surface area contributed by atoms with Gasteiger partial charge in [0.25, 0.3) is 6.71 Å². The maximum absolute atomic E-state index is 7.85. The number of furan rings is 1. The van der Waals surface area contributed by atoms with Crippen LogP contribution in [0, 0.1) is 0 Å². The van der Waals surface area contributed by atoms with E-state index in [9.17, 15) is 0 Å². The smallest absolute Gasteiger partial charge is 0.297 e. The maximum Gasteiger partial charge on any atom is 0.297 e. The van der Waals surface area contributed by atoms with E-state index in [4.69, 9.17) is 4.42 Å². The lowest BCUT2D eigenvalue weighted by Crippen LogP contribution is -2.61. The maximum atomic E-state index is 7.85. The summed E-state index contributed by atoms with van der Waals surface area (Å²) in [6.07, 6.45) is 6.89. The molecule has 3 aliphatic carbocycles. The molecule has 0 spiro atoms. The van der Waals surface area contributed by atoms with Gasteiger partial charge in [-0.2, -0.15) is 0 Å². The van der Waals surface area contributed by atoms with Gasteiger partial charge >= 0.3 is 0 Å². The van der Waals surface area contributed by atoms with Gasteiger partial charge in [-0.05, 0) is 204 Å². The van der Waals surface area contributed by atoms with E-state index in [1.807, 2.05) is 0 Å². The van der Waals surface area contributed by atoms with Crippen molar-refractivity contribution in [3.05, 3.63) is 177 Å². The molecule has 0 amide bonds. The quantitative estimate of drug-likeness (QED) is 0.165. The third-order valence-corrected chi connectivity index (χ3v) is 21.6. The van der Waals surface area contributed by atoms with Crippen molar-refractivity contribution in [1.82, 2.24) is 0 Å². The number of fused-ring (bicyclic) bond motifs is 11. The van der Waals surface area contributed by atoms with Crippen LogP contribution < -0.4 is 31.3 Å². The monoisotopic (exact) mass is 1050 g/mol. The van der Waals surface area contributed by atoms with Crippen LogP contribution in [0.15, 0.2) is 132 Å². The van der Waals surface area contributed by atoms with Gasteiger partial charge in [0.2, 0.25) is 0 Å². The molecule has 1 aromatic heterocycles. The Bertz CT molecular complexity index is 3890. The van der Waals surface area contributed by atoms with E-state index in [1.165, 1.54) is 113 Å². The number of hydrogen-bond acceptors (Lipinski definition) is 4. The van der Waals surface area contributed by atoms with Crippen molar-refractivity contribution >= 4 is 85.5 Å². The van der Waals surface area contributed by atoms with Crippen molar-refractivity contribution in [1.29, 1.82) is 0 Å². The Labute approximate surface area is 479 Å². The van der Waals surface area contributed by atoms with Crippen molar-refractivity contribution in [2.24, 2.45) is 0 Å². The lowest BCUT2D eigenvalue weighted by Gasteiger charge is -2.48. The Morgan fingerprint density at radius 3 is 1.39 bits per heavy atom. The largest absolute Gasteiger partial charge is 0.468 e. The van der Waals surface area contributed by atoms with Crippen LogP contribution in [0.4, 0.5) is 51.2 Å². The van der Waals surface area contributed by atoms with E-state index in [0.717, 1.165) is 54.7 Å². The van der Waals surface area contributed by atoms with Crippen molar-refractivity contribution in [3.8, 4) is 0 Å². The molecule has 7 aromatic carbocycles. The molecule has 8 aromatic rings. The zero-order chi connectivity index (χ0) is 56.4. The summed E-state index contributed by atoms with van der Waals surface area (Å²) < 4.78 is 7.85. The predicted octanol–water partition coefficient (Wildman–Crippen LogP) is 19.0. The number of hydrogen-bond donors (Lipinski definition) is 0. The predicted molar refractivity (Wildman–Crippen MR) is 342 cm³/mol. The first-order chi connectivity index (χ1) is 37.5. The summed E-state index contributed by atoms with van der Waals surface area (Å²) in [5, 5.41) is 1.19. The Balaban J connectivity index is 1.16. The molecule has 0 radical (unpaired) electrons. The normalized spacial score (nSPS) is 20.6. The second kappa shape index (κ2) is 16.4.